The number of nitrogens with one attached hydrogen (secondary N) is 6. The molecule has 3 rings (SSSR count). The Kier molecular flexibility index (Phi) is 16.4. The molecule has 18 nitrogen and oxygen atoms in total. The molecule has 0 unspecified atom stereocenters. The Labute approximate surface area is 282 Å². The Balaban J connectivity index is 1.65. The number of hydrogen-bond acceptors (Lipinski definition) is 12. The summed E-state index contributed by atoms with van der Waals surface area (Å²) in [5.74, 6) is -2.93. The summed E-state index contributed by atoms with van der Waals surface area (Å²) in [6, 6.07) is 9.48. The van der Waals surface area contributed by atoms with Crippen LogP contribution in [0.5, 0.6) is 0 Å². The van der Waals surface area contributed by atoms with Gasteiger partial charge >= 0.3 is 5.97 Å². The number of H-pyrrole nitrogens is 2. The molecule has 2 atom stereocenters. The molecule has 0 radical (unpaired) electrons. The molecule has 0 saturated heterocycles. The van der Waals surface area contributed by atoms with E-state index in [1.165, 1.54) is 19.2 Å². The van der Waals surface area contributed by atoms with Crippen LogP contribution < -0.4 is 27.0 Å². The van der Waals surface area contributed by atoms with Crippen molar-refractivity contribution in [2.24, 2.45) is 5.73 Å². The van der Waals surface area contributed by atoms with Crippen molar-refractivity contribution >= 4 is 41.2 Å². The summed E-state index contributed by atoms with van der Waals surface area (Å²) >= 11 is 0. The van der Waals surface area contributed by atoms with E-state index in [9.17, 15) is 24.0 Å². The first-order valence-corrected chi connectivity index (χ1v) is 15.5. The SMILES string of the molecule is COCCOCCOCC(=O)Nc1cc(C(=O)N[C@@H](Cc2ccccc2)C(=O)N[C@@H](CCCCN)C(=O)Nc2cc(C(=O)OC)[nH]n2)[nH]n1. The molecule has 0 aliphatic rings. The molecule has 0 spiro atoms. The predicted molar refractivity (Wildman–Crippen MR) is 176 cm³/mol. The highest BCUT2D eigenvalue weighted by Gasteiger charge is 2.28. The quantitative estimate of drug-likeness (QED) is 0.0551. The second kappa shape index (κ2) is 20.9. The van der Waals surface area contributed by atoms with E-state index in [0.717, 1.165) is 5.56 Å². The topological polar surface area (TPSA) is 254 Å². The molecule has 49 heavy (non-hydrogen) atoms. The summed E-state index contributed by atoms with van der Waals surface area (Å²) in [5, 5.41) is 23.4. The molecule has 266 valence electrons. The van der Waals surface area contributed by atoms with Crippen molar-refractivity contribution in [1.82, 2.24) is 31.0 Å². The zero-order valence-corrected chi connectivity index (χ0v) is 27.4. The Morgan fingerprint density at radius 3 is 2.18 bits per heavy atom. The van der Waals surface area contributed by atoms with E-state index < -0.39 is 41.7 Å². The number of aromatic amines is 2. The fourth-order valence-corrected chi connectivity index (χ4v) is 4.35. The lowest BCUT2D eigenvalue weighted by atomic mass is 10.0. The molecule has 1 aromatic carbocycles. The van der Waals surface area contributed by atoms with E-state index >= 15 is 0 Å². The number of benzene rings is 1. The van der Waals surface area contributed by atoms with Gasteiger partial charge in [-0.05, 0) is 31.4 Å². The van der Waals surface area contributed by atoms with Crippen LogP contribution in [0.3, 0.4) is 0 Å². The van der Waals surface area contributed by atoms with E-state index in [2.05, 4.69) is 46.4 Å². The highest BCUT2D eigenvalue weighted by molar-refractivity contribution is 6.00. The fourth-order valence-electron chi connectivity index (χ4n) is 4.35. The Morgan fingerprint density at radius 2 is 1.47 bits per heavy atom. The lowest BCUT2D eigenvalue weighted by Gasteiger charge is -2.23. The fraction of sp³-hybridized carbons (Fsp3) is 0.452. The normalized spacial score (nSPS) is 12.1. The van der Waals surface area contributed by atoms with E-state index in [1.54, 1.807) is 31.4 Å². The maximum Gasteiger partial charge on any atom is 0.356 e. The number of aromatic nitrogens is 4. The Morgan fingerprint density at radius 1 is 0.796 bits per heavy atom. The van der Waals surface area contributed by atoms with Gasteiger partial charge in [0.15, 0.2) is 11.6 Å². The first-order chi connectivity index (χ1) is 23.7. The van der Waals surface area contributed by atoms with Gasteiger partial charge in [-0.2, -0.15) is 10.2 Å². The number of nitrogens with zero attached hydrogens (tertiary/aromatic N) is 2. The third kappa shape index (κ3) is 13.5. The lowest BCUT2D eigenvalue weighted by Crippen LogP contribution is -2.53. The van der Waals surface area contributed by atoms with Crippen molar-refractivity contribution in [3.63, 3.8) is 0 Å². The summed E-state index contributed by atoms with van der Waals surface area (Å²) in [7, 11) is 2.77. The average Bonchev–Trinajstić information content (AvgIpc) is 3.77. The first-order valence-electron chi connectivity index (χ1n) is 15.5. The van der Waals surface area contributed by atoms with Crippen LogP contribution in [-0.4, -0.2) is 116 Å². The van der Waals surface area contributed by atoms with Crippen LogP contribution in [0.1, 0.15) is 45.8 Å². The van der Waals surface area contributed by atoms with Crippen molar-refractivity contribution in [3.8, 4) is 0 Å². The van der Waals surface area contributed by atoms with Gasteiger partial charge in [0.05, 0.1) is 33.5 Å². The summed E-state index contributed by atoms with van der Waals surface area (Å²) in [4.78, 5) is 64.2. The highest BCUT2D eigenvalue weighted by atomic mass is 16.5. The van der Waals surface area contributed by atoms with Gasteiger partial charge in [-0.3, -0.25) is 29.4 Å². The smallest absolute Gasteiger partial charge is 0.356 e. The number of ether oxygens (including phenoxy) is 4. The minimum atomic E-state index is -1.11. The number of amides is 4. The number of anilines is 2. The molecule has 2 heterocycles. The van der Waals surface area contributed by atoms with Crippen LogP contribution in [-0.2, 0) is 39.8 Å². The summed E-state index contributed by atoms with van der Waals surface area (Å²) in [6.07, 6.45) is 1.46. The third-order valence-electron chi connectivity index (χ3n) is 6.85. The molecule has 4 amide bonds. The molecule has 0 fully saturated rings. The predicted octanol–water partition coefficient (Wildman–Crippen LogP) is 0.131. The minimum Gasteiger partial charge on any atom is -0.464 e. The van der Waals surface area contributed by atoms with Gasteiger partial charge in [-0.1, -0.05) is 30.3 Å². The Hall–Kier alpha value is -5.17. The summed E-state index contributed by atoms with van der Waals surface area (Å²) in [5.41, 5.74) is 6.40. The maximum atomic E-state index is 13.7. The zero-order valence-electron chi connectivity index (χ0n) is 27.4. The van der Waals surface area contributed by atoms with Gasteiger partial charge in [-0.25, -0.2) is 4.79 Å². The van der Waals surface area contributed by atoms with Crippen LogP contribution in [0.15, 0.2) is 42.5 Å². The van der Waals surface area contributed by atoms with Gasteiger partial charge in [0, 0.05) is 25.7 Å². The number of carbonyl (C=O) groups is 5. The monoisotopic (exact) mass is 685 g/mol. The maximum absolute atomic E-state index is 13.7. The second-order valence-corrected chi connectivity index (χ2v) is 10.6. The van der Waals surface area contributed by atoms with Gasteiger partial charge < -0.3 is 45.9 Å². The van der Waals surface area contributed by atoms with Crippen molar-refractivity contribution < 1.29 is 42.9 Å². The van der Waals surface area contributed by atoms with E-state index in [1.807, 2.05) is 6.07 Å². The number of methoxy groups -OCH3 is 2. The molecule has 0 aliphatic carbocycles. The highest BCUT2D eigenvalue weighted by Crippen LogP contribution is 2.12. The number of rotatable bonds is 22. The average molecular weight is 686 g/mol. The van der Waals surface area contributed by atoms with E-state index in [0.29, 0.717) is 39.2 Å². The van der Waals surface area contributed by atoms with Crippen molar-refractivity contribution in [2.75, 3.05) is 64.4 Å². The van der Waals surface area contributed by atoms with Gasteiger partial charge in [-0.15, -0.1) is 0 Å². The van der Waals surface area contributed by atoms with Gasteiger partial charge in [0.25, 0.3) is 11.8 Å². The van der Waals surface area contributed by atoms with Gasteiger partial charge in [0.2, 0.25) is 11.8 Å². The molecular weight excluding hydrogens is 642 g/mol. The number of unbranched alkanes of at least 4 members (excludes halogenated alkanes) is 1. The van der Waals surface area contributed by atoms with Crippen LogP contribution in [0, 0.1) is 0 Å². The van der Waals surface area contributed by atoms with E-state index in [-0.39, 0.29) is 49.1 Å². The van der Waals surface area contributed by atoms with Crippen LogP contribution in [0.2, 0.25) is 0 Å². The van der Waals surface area contributed by atoms with E-state index in [4.69, 9.17) is 19.9 Å². The summed E-state index contributed by atoms with van der Waals surface area (Å²) in [6.45, 7) is 1.49. The van der Waals surface area contributed by atoms with Crippen LogP contribution in [0.25, 0.3) is 0 Å². The van der Waals surface area contributed by atoms with Crippen molar-refractivity contribution in [2.45, 2.75) is 37.8 Å². The molecule has 8 N–H and O–H groups in total. The number of carbonyl (C=O) groups excluding carboxylic acids is 5. The Bertz CT molecular complexity index is 1500. The summed E-state index contributed by atoms with van der Waals surface area (Å²) < 4.78 is 20.1. The van der Waals surface area contributed by atoms with Gasteiger partial charge in [0.1, 0.15) is 30.1 Å². The molecule has 18 heteroatoms. The third-order valence-corrected chi connectivity index (χ3v) is 6.85. The van der Waals surface area contributed by atoms with Crippen LogP contribution in [0.4, 0.5) is 11.6 Å². The number of nitrogens with two attached hydrogens (primary N) is 1. The molecule has 2 aromatic heterocycles. The molecule has 3 aromatic rings. The van der Waals surface area contributed by atoms with Crippen molar-refractivity contribution in [1.29, 1.82) is 0 Å². The number of hydrogen-bond donors (Lipinski definition) is 7. The van der Waals surface area contributed by atoms with Crippen molar-refractivity contribution in [3.05, 3.63) is 59.4 Å². The molecule has 0 aliphatic heterocycles. The molecule has 0 saturated carbocycles. The lowest BCUT2D eigenvalue weighted by molar-refractivity contribution is -0.127. The first kappa shape index (κ1) is 38.3. The number of esters is 1. The second-order valence-electron chi connectivity index (χ2n) is 10.6. The van der Waals surface area contributed by atoms with Crippen LogP contribution >= 0.6 is 0 Å². The molecule has 0 bridgehead atoms. The minimum absolute atomic E-state index is 0.0224. The largest absolute Gasteiger partial charge is 0.464 e. The molecular formula is C31H43N9O9. The zero-order chi connectivity index (χ0) is 35.4. The standard InChI is InChI=1S/C31H43N9O9/c1-46-12-13-48-14-15-49-19-27(41)35-25-17-23(37-39-25)30(44)34-22(16-20-8-4-3-5-9-20)29(43)33-21(10-6-7-11-32)28(42)36-26-18-24(38-40-26)31(45)47-2/h3-5,8-9,17-18,21-22H,6-7,10-16,19,32H2,1-2H3,(H,33,43)(H,34,44)(H2,35,37,39,41)(H2,36,38,40,42)/t21-,22-/m0/s1.